The zero-order valence-corrected chi connectivity index (χ0v) is 12.5. The van der Waals surface area contributed by atoms with E-state index in [0.717, 1.165) is 30.0 Å². The largest absolute Gasteiger partial charge is 0.468 e. The van der Waals surface area contributed by atoms with Gasteiger partial charge in [0.2, 0.25) is 0 Å². The van der Waals surface area contributed by atoms with Gasteiger partial charge in [0, 0.05) is 6.20 Å². The fourth-order valence-electron chi connectivity index (χ4n) is 1.68. The number of likely N-dealkylation sites (N-methyl/N-ethyl adjacent to an activating group) is 1. The van der Waals surface area contributed by atoms with Crippen LogP contribution in [0, 0.1) is 0 Å². The van der Waals surface area contributed by atoms with Crippen molar-refractivity contribution in [3.63, 3.8) is 0 Å². The minimum atomic E-state index is -0.589. The molecule has 1 rings (SSSR count). The normalized spacial score (nSPS) is 13.8. The number of nitrogens with one attached hydrogen (secondary N) is 1. The first kappa shape index (κ1) is 15.9. The number of aromatic nitrogens is 2. The Hall–Kier alpha value is -1.14. The van der Waals surface area contributed by atoms with Crippen LogP contribution in [-0.2, 0) is 9.53 Å². The van der Waals surface area contributed by atoms with Gasteiger partial charge in [-0.3, -0.25) is 4.79 Å². The summed E-state index contributed by atoms with van der Waals surface area (Å²) in [6.45, 7) is 1.87. The molecule has 0 bridgehead atoms. The first-order valence-corrected chi connectivity index (χ1v) is 7.27. The molecule has 0 radical (unpaired) electrons. The van der Waals surface area contributed by atoms with Crippen molar-refractivity contribution in [3.8, 4) is 0 Å². The van der Waals surface area contributed by atoms with Crippen LogP contribution in [0.3, 0.4) is 0 Å². The Morgan fingerprint density at radius 2 is 2.32 bits per heavy atom. The predicted octanol–water partition coefficient (Wildman–Crippen LogP) is 1.89. The molecule has 1 aromatic heterocycles. The van der Waals surface area contributed by atoms with Gasteiger partial charge in [0.25, 0.3) is 0 Å². The molecule has 5 nitrogen and oxygen atoms in total. The zero-order valence-electron chi connectivity index (χ0n) is 11.7. The van der Waals surface area contributed by atoms with E-state index in [2.05, 4.69) is 15.3 Å². The summed E-state index contributed by atoms with van der Waals surface area (Å²) in [6.07, 6.45) is 6.05. The van der Waals surface area contributed by atoms with Crippen LogP contribution in [0.15, 0.2) is 23.6 Å². The second kappa shape index (κ2) is 8.12. The number of rotatable bonds is 8. The highest BCUT2D eigenvalue weighted by Gasteiger charge is 2.31. The Bertz CT molecular complexity index is 389. The summed E-state index contributed by atoms with van der Waals surface area (Å²) < 4.78 is 4.81. The molecule has 0 aliphatic rings. The lowest BCUT2D eigenvalue weighted by molar-refractivity contribution is -0.148. The third-order valence-electron chi connectivity index (χ3n) is 3.06. The molecule has 1 heterocycles. The van der Waals surface area contributed by atoms with Gasteiger partial charge < -0.3 is 10.1 Å². The van der Waals surface area contributed by atoms with Crippen molar-refractivity contribution in [2.75, 3.05) is 19.9 Å². The van der Waals surface area contributed by atoms with E-state index < -0.39 is 5.54 Å². The highest BCUT2D eigenvalue weighted by Crippen LogP contribution is 2.19. The SMILES string of the molecule is CNC(C)(CCCCSc1ccncn1)C(=O)OC. The minimum absolute atomic E-state index is 0.210. The number of carbonyl (C=O) groups excluding carboxylic acids is 1. The molecule has 0 aromatic carbocycles. The molecule has 6 heteroatoms. The molecule has 1 N–H and O–H groups in total. The highest BCUT2D eigenvalue weighted by molar-refractivity contribution is 7.99. The van der Waals surface area contributed by atoms with E-state index in [1.807, 2.05) is 13.0 Å². The number of hydrogen-bond donors (Lipinski definition) is 1. The summed E-state index contributed by atoms with van der Waals surface area (Å²) in [5, 5.41) is 4.02. The van der Waals surface area contributed by atoms with E-state index in [-0.39, 0.29) is 5.97 Å². The van der Waals surface area contributed by atoms with Crippen LogP contribution < -0.4 is 5.32 Å². The molecule has 0 amide bonds. The van der Waals surface area contributed by atoms with Crippen molar-refractivity contribution in [1.82, 2.24) is 15.3 Å². The monoisotopic (exact) mass is 283 g/mol. The number of hydrogen-bond acceptors (Lipinski definition) is 6. The Balaban J connectivity index is 2.25. The average Bonchev–Trinajstić information content (AvgIpc) is 2.46. The molecular formula is C13H21N3O2S. The van der Waals surface area contributed by atoms with Crippen molar-refractivity contribution in [2.45, 2.75) is 36.8 Å². The topological polar surface area (TPSA) is 64.1 Å². The van der Waals surface area contributed by atoms with E-state index in [1.54, 1.807) is 31.3 Å². The van der Waals surface area contributed by atoms with Crippen molar-refractivity contribution < 1.29 is 9.53 Å². The summed E-state index contributed by atoms with van der Waals surface area (Å²) in [7, 11) is 3.20. The number of unbranched alkanes of at least 4 members (excludes halogenated alkanes) is 1. The maximum absolute atomic E-state index is 11.6. The van der Waals surface area contributed by atoms with Gasteiger partial charge in [-0.05, 0) is 38.6 Å². The maximum Gasteiger partial charge on any atom is 0.325 e. The lowest BCUT2D eigenvalue weighted by Crippen LogP contribution is -2.48. The van der Waals surface area contributed by atoms with Crippen molar-refractivity contribution in [3.05, 3.63) is 18.6 Å². The summed E-state index contributed by atoms with van der Waals surface area (Å²) >= 11 is 1.71. The maximum atomic E-state index is 11.6. The average molecular weight is 283 g/mol. The number of thioether (sulfide) groups is 1. The van der Waals surface area contributed by atoms with Gasteiger partial charge in [-0.25, -0.2) is 9.97 Å². The summed E-state index contributed by atoms with van der Waals surface area (Å²) in [6, 6.07) is 1.90. The van der Waals surface area contributed by atoms with E-state index in [1.165, 1.54) is 7.11 Å². The smallest absolute Gasteiger partial charge is 0.325 e. The third-order valence-corrected chi connectivity index (χ3v) is 4.09. The summed E-state index contributed by atoms with van der Waals surface area (Å²) in [5.41, 5.74) is -0.589. The molecule has 0 fully saturated rings. The fourth-order valence-corrected chi connectivity index (χ4v) is 2.51. The van der Waals surface area contributed by atoms with Gasteiger partial charge in [-0.1, -0.05) is 6.42 Å². The molecule has 0 saturated carbocycles. The lowest BCUT2D eigenvalue weighted by atomic mass is 9.95. The lowest BCUT2D eigenvalue weighted by Gasteiger charge is -2.25. The molecule has 0 aliphatic carbocycles. The standard InChI is InChI=1S/C13H21N3O2S/c1-13(14-2,12(17)18-3)7-4-5-9-19-11-6-8-15-10-16-11/h6,8,10,14H,4-5,7,9H2,1-3H3. The summed E-state index contributed by atoms with van der Waals surface area (Å²) in [5.74, 6) is 0.774. The van der Waals surface area contributed by atoms with Crippen LogP contribution in [-0.4, -0.2) is 41.4 Å². The van der Waals surface area contributed by atoms with Crippen molar-refractivity contribution >= 4 is 17.7 Å². The molecule has 0 aliphatic heterocycles. The number of nitrogens with zero attached hydrogens (tertiary/aromatic N) is 2. The fraction of sp³-hybridized carbons (Fsp3) is 0.615. The molecule has 1 aromatic rings. The molecule has 0 saturated heterocycles. The van der Waals surface area contributed by atoms with Gasteiger partial charge in [0.05, 0.1) is 12.1 Å². The molecule has 0 spiro atoms. The molecule has 19 heavy (non-hydrogen) atoms. The van der Waals surface area contributed by atoms with Crippen LogP contribution >= 0.6 is 11.8 Å². The van der Waals surface area contributed by atoms with Crippen molar-refractivity contribution in [2.24, 2.45) is 0 Å². The first-order chi connectivity index (χ1) is 9.12. The van der Waals surface area contributed by atoms with Gasteiger partial charge in [0.15, 0.2) is 0 Å². The molecule has 106 valence electrons. The van der Waals surface area contributed by atoms with Crippen LogP contribution in [0.5, 0.6) is 0 Å². The number of carbonyl (C=O) groups is 1. The van der Waals surface area contributed by atoms with Crippen LogP contribution in [0.1, 0.15) is 26.2 Å². The van der Waals surface area contributed by atoms with Crippen LogP contribution in [0.2, 0.25) is 0 Å². The summed E-state index contributed by atoms with van der Waals surface area (Å²) in [4.78, 5) is 19.7. The van der Waals surface area contributed by atoms with Crippen molar-refractivity contribution in [1.29, 1.82) is 0 Å². The first-order valence-electron chi connectivity index (χ1n) is 6.28. The number of esters is 1. The Kier molecular flexibility index (Phi) is 6.80. The Morgan fingerprint density at radius 3 is 2.89 bits per heavy atom. The van der Waals surface area contributed by atoms with Gasteiger partial charge in [-0.15, -0.1) is 11.8 Å². The zero-order chi connectivity index (χ0) is 14.1. The quantitative estimate of drug-likeness (QED) is 0.340. The van der Waals surface area contributed by atoms with Gasteiger partial charge >= 0.3 is 5.97 Å². The molecule has 1 unspecified atom stereocenters. The second-order valence-corrected chi connectivity index (χ2v) is 5.54. The predicted molar refractivity (Wildman–Crippen MR) is 76.1 cm³/mol. The van der Waals surface area contributed by atoms with Crippen LogP contribution in [0.25, 0.3) is 0 Å². The highest BCUT2D eigenvalue weighted by atomic mass is 32.2. The Labute approximate surface area is 118 Å². The molecular weight excluding hydrogens is 262 g/mol. The molecule has 1 atom stereocenters. The van der Waals surface area contributed by atoms with E-state index >= 15 is 0 Å². The number of ether oxygens (including phenoxy) is 1. The van der Waals surface area contributed by atoms with E-state index in [4.69, 9.17) is 4.74 Å². The van der Waals surface area contributed by atoms with Gasteiger partial charge in [-0.2, -0.15) is 0 Å². The van der Waals surface area contributed by atoms with E-state index in [9.17, 15) is 4.79 Å². The van der Waals surface area contributed by atoms with Crippen LogP contribution in [0.4, 0.5) is 0 Å². The minimum Gasteiger partial charge on any atom is -0.468 e. The van der Waals surface area contributed by atoms with E-state index in [0.29, 0.717) is 0 Å². The third kappa shape index (κ3) is 5.16. The Morgan fingerprint density at radius 1 is 1.53 bits per heavy atom. The number of methoxy groups -OCH3 is 1. The second-order valence-electron chi connectivity index (χ2n) is 4.43. The van der Waals surface area contributed by atoms with Gasteiger partial charge in [0.1, 0.15) is 11.9 Å².